The molecule has 7 nitrogen and oxygen atoms in total. The molecule has 3 rings (SSSR count). The zero-order valence-corrected chi connectivity index (χ0v) is 13.4. The van der Waals surface area contributed by atoms with Gasteiger partial charge in [-0.15, -0.1) is 0 Å². The molecule has 0 saturated heterocycles. The number of nitrogens with one attached hydrogen (secondary N) is 2. The predicted molar refractivity (Wildman–Crippen MR) is 94.2 cm³/mol. The summed E-state index contributed by atoms with van der Waals surface area (Å²) < 4.78 is 0. The quantitative estimate of drug-likeness (QED) is 0.406. The van der Waals surface area contributed by atoms with E-state index in [1.165, 1.54) is 0 Å². The lowest BCUT2D eigenvalue weighted by Gasteiger charge is -2.01. The van der Waals surface area contributed by atoms with Gasteiger partial charge in [-0.05, 0) is 12.1 Å². The highest BCUT2D eigenvalue weighted by atomic mass is 16.4. The number of amidine groups is 1. The fourth-order valence-corrected chi connectivity index (χ4v) is 2.39. The van der Waals surface area contributed by atoms with E-state index in [4.69, 9.17) is 16.2 Å². The molecule has 0 fully saturated rings. The number of carboxylic acid groups (broad SMARTS) is 1. The Bertz CT molecular complexity index is 898. The molecule has 0 bridgehead atoms. The van der Waals surface area contributed by atoms with Crippen molar-refractivity contribution in [3.8, 4) is 22.6 Å². The number of aromatic nitrogens is 3. The third kappa shape index (κ3) is 3.89. The molecule has 3 aromatic rings. The number of hydrogen-bond donors (Lipinski definition) is 4. The minimum Gasteiger partial charge on any atom is -0.481 e. The van der Waals surface area contributed by atoms with Crippen molar-refractivity contribution in [2.45, 2.75) is 12.8 Å². The van der Waals surface area contributed by atoms with Crippen LogP contribution in [0, 0.1) is 5.41 Å². The number of imidazole rings is 1. The lowest BCUT2D eigenvalue weighted by molar-refractivity contribution is -0.136. The molecule has 1 aromatic carbocycles. The van der Waals surface area contributed by atoms with Crippen molar-refractivity contribution < 1.29 is 9.90 Å². The number of H-pyrrole nitrogens is 1. The average Bonchev–Trinajstić information content (AvgIpc) is 3.10. The van der Waals surface area contributed by atoms with Gasteiger partial charge in [-0.25, -0.2) is 4.98 Å². The van der Waals surface area contributed by atoms with Crippen LogP contribution < -0.4 is 5.73 Å². The van der Waals surface area contributed by atoms with Gasteiger partial charge in [-0.3, -0.25) is 15.2 Å². The van der Waals surface area contributed by atoms with Crippen LogP contribution in [0.2, 0.25) is 0 Å². The van der Waals surface area contributed by atoms with Gasteiger partial charge >= 0.3 is 5.97 Å². The number of carboxylic acids is 1. The first-order valence-corrected chi connectivity index (χ1v) is 7.70. The van der Waals surface area contributed by atoms with Crippen molar-refractivity contribution in [1.29, 1.82) is 5.41 Å². The SMILES string of the molecule is N=C(N)c1ccc(-c2c[nH]c(-c3ccc(CCC(=O)O)nc3)n2)cc1. The van der Waals surface area contributed by atoms with Crippen LogP contribution in [0.1, 0.15) is 17.7 Å². The Labute approximate surface area is 144 Å². The summed E-state index contributed by atoms with van der Waals surface area (Å²) in [5.74, 6) is -0.122. The molecular weight excluding hydrogens is 318 g/mol. The first kappa shape index (κ1) is 16.4. The molecule has 0 aliphatic rings. The second kappa shape index (κ2) is 6.96. The summed E-state index contributed by atoms with van der Waals surface area (Å²) in [5.41, 5.74) is 9.37. The lowest BCUT2D eigenvalue weighted by Crippen LogP contribution is -2.10. The normalized spacial score (nSPS) is 10.6. The summed E-state index contributed by atoms with van der Waals surface area (Å²) in [6, 6.07) is 11.0. The van der Waals surface area contributed by atoms with Crippen molar-refractivity contribution in [3.05, 3.63) is 60.0 Å². The zero-order valence-electron chi connectivity index (χ0n) is 13.4. The Kier molecular flexibility index (Phi) is 4.56. The van der Waals surface area contributed by atoms with E-state index in [0.29, 0.717) is 17.8 Å². The minimum atomic E-state index is -0.836. The van der Waals surface area contributed by atoms with Crippen molar-refractivity contribution in [1.82, 2.24) is 15.0 Å². The van der Waals surface area contributed by atoms with Crippen molar-refractivity contribution in [2.75, 3.05) is 0 Å². The van der Waals surface area contributed by atoms with Crippen LogP contribution >= 0.6 is 0 Å². The standard InChI is InChI=1S/C18H17N5O2/c19-17(20)12-3-1-11(2-4-12)15-10-22-18(23-15)13-5-6-14(21-9-13)7-8-16(24)25/h1-6,9-10H,7-8H2,(H3,19,20)(H,22,23)(H,24,25). The van der Waals surface area contributed by atoms with Crippen LogP contribution in [-0.4, -0.2) is 31.9 Å². The number of hydrogen-bond acceptors (Lipinski definition) is 4. The van der Waals surface area contributed by atoms with Crippen LogP contribution in [0.4, 0.5) is 0 Å². The fraction of sp³-hybridized carbons (Fsp3) is 0.111. The van der Waals surface area contributed by atoms with E-state index in [1.54, 1.807) is 24.5 Å². The van der Waals surface area contributed by atoms with Gasteiger partial charge in [-0.1, -0.05) is 24.3 Å². The maximum Gasteiger partial charge on any atom is 0.303 e. The molecule has 0 amide bonds. The zero-order chi connectivity index (χ0) is 17.8. The predicted octanol–water partition coefficient (Wildman–Crippen LogP) is 2.44. The van der Waals surface area contributed by atoms with E-state index < -0.39 is 5.97 Å². The third-order valence-corrected chi connectivity index (χ3v) is 3.76. The summed E-state index contributed by atoms with van der Waals surface area (Å²) in [6.45, 7) is 0. The molecule has 25 heavy (non-hydrogen) atoms. The van der Waals surface area contributed by atoms with Crippen LogP contribution in [0.5, 0.6) is 0 Å². The smallest absolute Gasteiger partial charge is 0.303 e. The van der Waals surface area contributed by atoms with Crippen LogP contribution in [0.15, 0.2) is 48.8 Å². The molecule has 2 aromatic heterocycles. The number of rotatable bonds is 6. The summed E-state index contributed by atoms with van der Waals surface area (Å²) in [6.07, 6.45) is 3.95. The fourth-order valence-electron chi connectivity index (χ4n) is 2.39. The molecule has 0 aliphatic carbocycles. The van der Waals surface area contributed by atoms with Crippen LogP contribution in [-0.2, 0) is 11.2 Å². The van der Waals surface area contributed by atoms with Crippen molar-refractivity contribution in [3.63, 3.8) is 0 Å². The van der Waals surface area contributed by atoms with E-state index in [2.05, 4.69) is 15.0 Å². The highest BCUT2D eigenvalue weighted by molar-refractivity contribution is 5.95. The van der Waals surface area contributed by atoms with Crippen LogP contribution in [0.25, 0.3) is 22.6 Å². The van der Waals surface area contributed by atoms with Gasteiger partial charge in [0.25, 0.3) is 0 Å². The molecule has 0 aliphatic heterocycles. The number of aromatic amines is 1. The van der Waals surface area contributed by atoms with Gasteiger partial charge in [-0.2, -0.15) is 0 Å². The molecule has 5 N–H and O–H groups in total. The Balaban J connectivity index is 1.76. The van der Waals surface area contributed by atoms with E-state index in [1.807, 2.05) is 24.3 Å². The van der Waals surface area contributed by atoms with Gasteiger partial charge < -0.3 is 15.8 Å². The largest absolute Gasteiger partial charge is 0.481 e. The first-order valence-electron chi connectivity index (χ1n) is 7.70. The van der Waals surface area contributed by atoms with Crippen LogP contribution in [0.3, 0.4) is 0 Å². The van der Waals surface area contributed by atoms with Gasteiger partial charge in [0.2, 0.25) is 0 Å². The van der Waals surface area contributed by atoms with Gasteiger partial charge in [0, 0.05) is 41.2 Å². The number of aliphatic carboxylic acids is 1. The maximum absolute atomic E-state index is 10.6. The molecule has 0 spiro atoms. The second-order valence-electron chi connectivity index (χ2n) is 5.56. The molecule has 0 radical (unpaired) electrons. The van der Waals surface area contributed by atoms with Gasteiger partial charge in [0.15, 0.2) is 0 Å². The van der Waals surface area contributed by atoms with Gasteiger partial charge in [0.05, 0.1) is 12.1 Å². The molecule has 126 valence electrons. The number of benzene rings is 1. The summed E-state index contributed by atoms with van der Waals surface area (Å²) >= 11 is 0. The van der Waals surface area contributed by atoms with E-state index in [-0.39, 0.29) is 12.3 Å². The number of nitrogen functional groups attached to an aromatic ring is 1. The highest BCUT2D eigenvalue weighted by Crippen LogP contribution is 2.22. The molecule has 2 heterocycles. The van der Waals surface area contributed by atoms with Crippen molar-refractivity contribution >= 4 is 11.8 Å². The molecule has 0 unspecified atom stereocenters. The monoisotopic (exact) mass is 335 g/mol. The summed E-state index contributed by atoms with van der Waals surface area (Å²) in [4.78, 5) is 22.5. The van der Waals surface area contributed by atoms with E-state index in [0.717, 1.165) is 22.5 Å². The maximum atomic E-state index is 10.6. The van der Waals surface area contributed by atoms with Crippen molar-refractivity contribution in [2.24, 2.45) is 5.73 Å². The highest BCUT2D eigenvalue weighted by Gasteiger charge is 2.08. The topological polar surface area (TPSA) is 129 Å². The number of carbonyl (C=O) groups is 1. The summed E-state index contributed by atoms with van der Waals surface area (Å²) in [5, 5.41) is 16.1. The number of nitrogens with zero attached hydrogens (tertiary/aromatic N) is 2. The minimum absolute atomic E-state index is 0.0309. The van der Waals surface area contributed by atoms with Gasteiger partial charge in [0.1, 0.15) is 11.7 Å². The second-order valence-corrected chi connectivity index (χ2v) is 5.56. The Hall–Kier alpha value is -3.48. The molecule has 7 heteroatoms. The number of pyridine rings is 1. The Morgan fingerprint density at radius 2 is 1.88 bits per heavy atom. The Morgan fingerprint density at radius 3 is 2.48 bits per heavy atom. The van der Waals surface area contributed by atoms with E-state index in [9.17, 15) is 4.79 Å². The number of nitrogens with two attached hydrogens (primary N) is 1. The lowest BCUT2D eigenvalue weighted by atomic mass is 10.1. The Morgan fingerprint density at radius 1 is 1.16 bits per heavy atom. The number of aryl methyl sites for hydroxylation is 1. The average molecular weight is 335 g/mol. The molecule has 0 saturated carbocycles. The summed E-state index contributed by atoms with van der Waals surface area (Å²) in [7, 11) is 0. The molecule has 0 atom stereocenters. The first-order chi connectivity index (χ1) is 12.0. The third-order valence-electron chi connectivity index (χ3n) is 3.76. The van der Waals surface area contributed by atoms with E-state index >= 15 is 0 Å². The molecular formula is C18H17N5O2.